The predicted octanol–water partition coefficient (Wildman–Crippen LogP) is 14.1. The van der Waals surface area contributed by atoms with Gasteiger partial charge in [0.1, 0.15) is 0 Å². The zero-order valence-corrected chi connectivity index (χ0v) is 33.0. The van der Waals surface area contributed by atoms with E-state index in [1.165, 1.54) is 124 Å². The summed E-state index contributed by atoms with van der Waals surface area (Å²) < 4.78 is 0. The Morgan fingerprint density at radius 2 is 1.02 bits per heavy atom. The van der Waals surface area contributed by atoms with Crippen LogP contribution >= 0.6 is 17.0 Å². The third kappa shape index (κ3) is 11.9. The monoisotopic (exact) mass is 724 g/mol. The summed E-state index contributed by atoms with van der Waals surface area (Å²) in [6.07, 6.45) is 21.9. The first-order valence-electron chi connectivity index (χ1n) is 17.5. The number of unbranched alkanes of at least 4 members (excludes halogenated alkanes) is 2. The summed E-state index contributed by atoms with van der Waals surface area (Å²) in [5.74, 6) is 1.67. The first-order valence-corrected chi connectivity index (χ1v) is 25.8. The average molecular weight is 727 g/mol. The fraction of sp³-hybridized carbons (Fsp3) is 0.550. The van der Waals surface area contributed by atoms with Crippen LogP contribution in [0.5, 0.6) is 0 Å². The Bertz CT molecular complexity index is 1210. The second-order valence-electron chi connectivity index (χ2n) is 12.9. The molecular weight excluding hydrogens is 671 g/mol. The van der Waals surface area contributed by atoms with Gasteiger partial charge in [-0.2, -0.15) is 12.1 Å². The van der Waals surface area contributed by atoms with Crippen LogP contribution in [0.1, 0.15) is 138 Å². The van der Waals surface area contributed by atoms with E-state index >= 15 is 0 Å². The van der Waals surface area contributed by atoms with E-state index in [9.17, 15) is 0 Å². The molecule has 0 nitrogen and oxygen atoms in total. The molecule has 0 heterocycles. The Morgan fingerprint density at radius 3 is 1.36 bits per heavy atom. The van der Waals surface area contributed by atoms with Crippen LogP contribution in [0, 0.1) is 0 Å². The van der Waals surface area contributed by atoms with Gasteiger partial charge in [-0.3, -0.25) is 0 Å². The van der Waals surface area contributed by atoms with Crippen LogP contribution in [0.4, 0.5) is 0 Å². The molecule has 0 amide bonds. The topological polar surface area (TPSA) is 0 Å². The molecule has 238 valence electrons. The fourth-order valence-electron chi connectivity index (χ4n) is 7.16. The Morgan fingerprint density at radius 1 is 0.659 bits per heavy atom. The van der Waals surface area contributed by atoms with Crippen molar-refractivity contribution in [3.8, 4) is 0 Å². The molecule has 2 fully saturated rings. The van der Waals surface area contributed by atoms with Crippen LogP contribution in [0.3, 0.4) is 0 Å². The minimum absolute atomic E-state index is 0.826. The molecular formula is C40H56Cl2SiZr. The van der Waals surface area contributed by atoms with E-state index in [4.69, 9.17) is 17.0 Å². The zero-order chi connectivity index (χ0) is 31.6. The summed E-state index contributed by atoms with van der Waals surface area (Å²) in [4.78, 5) is 0. The van der Waals surface area contributed by atoms with Crippen LogP contribution in [0.2, 0.25) is 13.1 Å². The van der Waals surface area contributed by atoms with Crippen LogP contribution < -0.4 is 0 Å². The third-order valence-corrected chi connectivity index (χ3v) is 9.48. The van der Waals surface area contributed by atoms with Gasteiger partial charge in [0, 0.05) is 9.52 Å². The molecule has 0 aliphatic heterocycles. The number of hydrogen-bond donors (Lipinski definition) is 0. The summed E-state index contributed by atoms with van der Waals surface area (Å²) >= 11 is -0.826. The Labute approximate surface area is 291 Å². The predicted molar refractivity (Wildman–Crippen MR) is 197 cm³/mol. The summed E-state index contributed by atoms with van der Waals surface area (Å²) in [6, 6.07) is 23.6. The van der Waals surface area contributed by atoms with Gasteiger partial charge in [-0.05, 0) is 50.4 Å². The van der Waals surface area contributed by atoms with Gasteiger partial charge in [-0.25, -0.2) is 0 Å². The van der Waals surface area contributed by atoms with E-state index in [0.29, 0.717) is 0 Å². The van der Waals surface area contributed by atoms with Crippen molar-refractivity contribution in [3.63, 3.8) is 0 Å². The van der Waals surface area contributed by atoms with Crippen molar-refractivity contribution in [1.29, 1.82) is 0 Å². The molecule has 4 aromatic carbocycles. The van der Waals surface area contributed by atoms with E-state index in [0.717, 1.165) is 21.4 Å². The fourth-order valence-corrected chi connectivity index (χ4v) is 7.16. The molecule has 4 heteroatoms. The van der Waals surface area contributed by atoms with Gasteiger partial charge < -0.3 is 0 Å². The normalized spacial score (nSPS) is 15.4. The number of rotatable bonds is 8. The molecule has 0 unspecified atom stereocenters. The summed E-state index contributed by atoms with van der Waals surface area (Å²) in [5, 5.41) is 5.98. The average Bonchev–Trinajstić information content (AvgIpc) is 3.71. The number of hydrogen-bond acceptors (Lipinski definition) is 0. The number of aryl methyl sites for hydroxylation is 2. The van der Waals surface area contributed by atoms with Crippen molar-refractivity contribution >= 4 is 48.1 Å². The third-order valence-electron chi connectivity index (χ3n) is 9.48. The van der Waals surface area contributed by atoms with Crippen LogP contribution in [-0.2, 0) is 33.7 Å². The van der Waals surface area contributed by atoms with Gasteiger partial charge in [-0.15, -0.1) is 69.1 Å². The summed E-state index contributed by atoms with van der Waals surface area (Å²) in [5.41, 5.74) is 6.33. The Kier molecular flexibility index (Phi) is 18.9. The molecule has 0 spiro atoms. The molecule has 0 N–H and O–H groups in total. The van der Waals surface area contributed by atoms with E-state index in [1.807, 2.05) is 0 Å². The van der Waals surface area contributed by atoms with Crippen molar-refractivity contribution in [2.24, 2.45) is 0 Å². The van der Waals surface area contributed by atoms with Gasteiger partial charge in [0.25, 0.3) is 0 Å². The summed E-state index contributed by atoms with van der Waals surface area (Å²) in [6.45, 7) is 8.86. The maximum atomic E-state index is 4.93. The molecule has 0 bridgehead atoms. The van der Waals surface area contributed by atoms with Gasteiger partial charge >= 0.3 is 37.9 Å². The van der Waals surface area contributed by atoms with Crippen molar-refractivity contribution < 1.29 is 20.8 Å². The van der Waals surface area contributed by atoms with E-state index in [-0.39, 0.29) is 0 Å². The molecule has 6 rings (SSSR count). The molecule has 0 aromatic heterocycles. The van der Waals surface area contributed by atoms with Crippen molar-refractivity contribution in [2.75, 3.05) is 0 Å². The first kappa shape index (κ1) is 37.8. The minimum atomic E-state index is -0.826. The molecule has 2 radical (unpaired) electrons. The van der Waals surface area contributed by atoms with Gasteiger partial charge in [-0.1, -0.05) is 114 Å². The van der Waals surface area contributed by atoms with E-state index in [2.05, 4.69) is 87.6 Å². The quantitative estimate of drug-likeness (QED) is 0.125. The maximum absolute atomic E-state index is 4.93. The van der Waals surface area contributed by atoms with Gasteiger partial charge in [0.2, 0.25) is 0 Å². The van der Waals surface area contributed by atoms with Crippen LogP contribution in [0.15, 0.2) is 60.7 Å². The molecule has 0 saturated heterocycles. The van der Waals surface area contributed by atoms with Crippen LogP contribution in [-0.4, -0.2) is 9.52 Å². The summed E-state index contributed by atoms with van der Waals surface area (Å²) in [7, 11) is 11.0. The standard InChI is InChI=1S/2C19H25.C2H6Si.2ClH.Zr/c2*1-2-3-8-16-11-7-12-17-13-18(14-19(16)17)15-9-5-4-6-10-15;1-3-2;;;/h2*7,11-15H,2-6,8-10H2,1H3;1-2H3;2*1H;/q2*-1;;;;+4/p-2. The Hall–Kier alpha value is -0.660. The van der Waals surface area contributed by atoms with E-state index < -0.39 is 20.8 Å². The SMILES string of the molecule is CCCCc1cccc2[cH-]c(C3CCCCC3)cc12.CCCCc1cccc2[cH-]c(C3CCCCC3)cc12.C[Si]C.[Cl][Zr+2][Cl]. The second-order valence-corrected chi connectivity index (χ2v) is 17.6. The first-order chi connectivity index (χ1) is 21.6. The zero-order valence-electron chi connectivity index (χ0n) is 28.0. The van der Waals surface area contributed by atoms with Crippen molar-refractivity contribution in [2.45, 2.75) is 142 Å². The second kappa shape index (κ2) is 22.0. The van der Waals surface area contributed by atoms with E-state index in [1.54, 1.807) is 22.3 Å². The molecule has 2 saturated carbocycles. The van der Waals surface area contributed by atoms with Gasteiger partial charge in [0.15, 0.2) is 0 Å². The van der Waals surface area contributed by atoms with Crippen molar-refractivity contribution in [3.05, 3.63) is 82.9 Å². The van der Waals surface area contributed by atoms with Gasteiger partial charge in [0.05, 0.1) is 0 Å². The molecule has 2 aliphatic rings. The number of fused-ring (bicyclic) bond motifs is 2. The van der Waals surface area contributed by atoms with Crippen molar-refractivity contribution in [1.82, 2.24) is 0 Å². The molecule has 4 aromatic rings. The Balaban J connectivity index is 0.000000204. The number of benzene rings is 2. The van der Waals surface area contributed by atoms with Crippen LogP contribution in [0.25, 0.3) is 21.5 Å². The number of halogens is 2. The molecule has 2 aliphatic carbocycles. The molecule has 44 heavy (non-hydrogen) atoms. The molecule has 0 atom stereocenters.